The predicted molar refractivity (Wildman–Crippen MR) is 92.0 cm³/mol. The Morgan fingerprint density at radius 1 is 1.17 bits per heavy atom. The number of nitrogens with zero attached hydrogens (tertiary/aromatic N) is 2. The number of anilines is 1. The van der Waals surface area contributed by atoms with E-state index in [0.29, 0.717) is 29.8 Å². The smallest absolute Gasteiger partial charge is 0.253 e. The van der Waals surface area contributed by atoms with Crippen molar-refractivity contribution in [2.24, 2.45) is 5.92 Å². The summed E-state index contributed by atoms with van der Waals surface area (Å²) in [7, 11) is 0. The maximum Gasteiger partial charge on any atom is 0.253 e. The first-order valence-corrected chi connectivity index (χ1v) is 8.01. The largest absolute Gasteiger partial charge is 0.438 e. The molecule has 6 nitrogen and oxygen atoms in total. The van der Waals surface area contributed by atoms with E-state index in [1.54, 1.807) is 43.6 Å². The van der Waals surface area contributed by atoms with Crippen molar-refractivity contribution in [3.05, 3.63) is 42.9 Å². The van der Waals surface area contributed by atoms with Crippen LogP contribution in [0.15, 0.2) is 42.9 Å². The summed E-state index contributed by atoms with van der Waals surface area (Å²) in [6, 6.07) is 7.05. The molecule has 0 saturated heterocycles. The van der Waals surface area contributed by atoms with Crippen LogP contribution in [0.1, 0.15) is 27.2 Å². The monoisotopic (exact) mass is 329 g/mol. The third-order valence-corrected chi connectivity index (χ3v) is 3.32. The minimum absolute atomic E-state index is 0.165. The highest BCUT2D eigenvalue weighted by Crippen LogP contribution is 2.20. The molecule has 2 rings (SSSR count). The van der Waals surface area contributed by atoms with Gasteiger partial charge in [0, 0.05) is 24.7 Å². The summed E-state index contributed by atoms with van der Waals surface area (Å²) in [6.45, 7) is 6.58. The van der Waals surface area contributed by atoms with Crippen molar-refractivity contribution in [1.29, 1.82) is 0 Å². The highest BCUT2D eigenvalue weighted by Gasteiger charge is 2.13. The van der Waals surface area contributed by atoms with Gasteiger partial charge in [-0.25, -0.2) is 4.98 Å². The van der Waals surface area contributed by atoms with Crippen LogP contribution in [0.2, 0.25) is 0 Å². The van der Waals surface area contributed by atoms with Crippen molar-refractivity contribution in [2.75, 3.05) is 11.9 Å². The standard InChI is InChI=1S/C18H23N3O3/c1-13(2)8-11-23-14(3)18(22)21-15-4-6-16(7-5-15)24-17-12-19-9-10-20-17/h4-7,9-10,12-14H,8,11H2,1-3H3,(H,21,22)/t14-/m0/s1. The fraction of sp³-hybridized carbons (Fsp3) is 0.389. The molecule has 0 unspecified atom stereocenters. The van der Waals surface area contributed by atoms with E-state index in [9.17, 15) is 4.79 Å². The van der Waals surface area contributed by atoms with E-state index in [0.717, 1.165) is 6.42 Å². The molecule has 0 aliphatic carbocycles. The third kappa shape index (κ3) is 5.96. The molecular weight excluding hydrogens is 306 g/mol. The molecule has 0 saturated carbocycles. The maximum atomic E-state index is 12.1. The van der Waals surface area contributed by atoms with Crippen molar-refractivity contribution in [3.8, 4) is 11.6 Å². The van der Waals surface area contributed by atoms with Crippen LogP contribution < -0.4 is 10.1 Å². The molecule has 1 aromatic carbocycles. The summed E-state index contributed by atoms with van der Waals surface area (Å²) >= 11 is 0. The lowest BCUT2D eigenvalue weighted by atomic mass is 10.1. The fourth-order valence-electron chi connectivity index (χ4n) is 1.87. The Bertz CT molecular complexity index is 630. The average Bonchev–Trinajstić information content (AvgIpc) is 2.57. The van der Waals surface area contributed by atoms with Crippen LogP contribution >= 0.6 is 0 Å². The number of hydrogen-bond donors (Lipinski definition) is 1. The maximum absolute atomic E-state index is 12.1. The summed E-state index contributed by atoms with van der Waals surface area (Å²) in [4.78, 5) is 20.1. The molecule has 1 aromatic heterocycles. The highest BCUT2D eigenvalue weighted by molar-refractivity contribution is 5.93. The molecule has 0 aliphatic rings. The molecule has 2 aromatic rings. The van der Waals surface area contributed by atoms with Crippen molar-refractivity contribution >= 4 is 11.6 Å². The predicted octanol–water partition coefficient (Wildman–Crippen LogP) is 3.66. The van der Waals surface area contributed by atoms with E-state index < -0.39 is 6.10 Å². The first-order chi connectivity index (χ1) is 11.5. The number of rotatable bonds is 8. The summed E-state index contributed by atoms with van der Waals surface area (Å²) in [5.74, 6) is 1.43. The second-order valence-electron chi connectivity index (χ2n) is 5.85. The van der Waals surface area contributed by atoms with Crippen LogP contribution in [0, 0.1) is 5.92 Å². The summed E-state index contributed by atoms with van der Waals surface area (Å²) in [5.41, 5.74) is 0.686. The Labute approximate surface area is 142 Å². The van der Waals surface area contributed by atoms with Crippen LogP contribution in [-0.2, 0) is 9.53 Å². The first-order valence-electron chi connectivity index (χ1n) is 8.01. The quantitative estimate of drug-likeness (QED) is 0.800. The van der Waals surface area contributed by atoms with Gasteiger partial charge < -0.3 is 14.8 Å². The Kier molecular flexibility index (Phi) is 6.69. The zero-order chi connectivity index (χ0) is 17.4. The zero-order valence-corrected chi connectivity index (χ0v) is 14.2. The van der Waals surface area contributed by atoms with Crippen LogP contribution in [0.25, 0.3) is 0 Å². The molecule has 0 fully saturated rings. The normalized spacial score (nSPS) is 12.0. The van der Waals surface area contributed by atoms with Gasteiger partial charge in [0.1, 0.15) is 11.9 Å². The van der Waals surface area contributed by atoms with Crippen molar-refractivity contribution < 1.29 is 14.3 Å². The second kappa shape index (κ2) is 8.98. The number of amides is 1. The van der Waals surface area contributed by atoms with Crippen LogP contribution in [0.5, 0.6) is 11.6 Å². The number of nitrogens with one attached hydrogen (secondary N) is 1. The van der Waals surface area contributed by atoms with Gasteiger partial charge in [0.25, 0.3) is 5.91 Å². The van der Waals surface area contributed by atoms with Crippen LogP contribution in [0.4, 0.5) is 5.69 Å². The van der Waals surface area contributed by atoms with Gasteiger partial charge in [-0.15, -0.1) is 0 Å². The van der Waals surface area contributed by atoms with E-state index in [4.69, 9.17) is 9.47 Å². The van der Waals surface area contributed by atoms with Crippen LogP contribution in [0.3, 0.4) is 0 Å². The first kappa shape index (κ1) is 17.9. The molecule has 0 radical (unpaired) electrons. The van der Waals surface area contributed by atoms with Gasteiger partial charge >= 0.3 is 0 Å². The summed E-state index contributed by atoms with van der Waals surface area (Å²) in [6.07, 6.45) is 5.12. The van der Waals surface area contributed by atoms with Crippen molar-refractivity contribution in [1.82, 2.24) is 9.97 Å². The van der Waals surface area contributed by atoms with E-state index in [-0.39, 0.29) is 5.91 Å². The highest BCUT2D eigenvalue weighted by atomic mass is 16.5. The number of benzene rings is 1. The topological polar surface area (TPSA) is 73.3 Å². The molecule has 1 heterocycles. The van der Waals surface area contributed by atoms with E-state index in [2.05, 4.69) is 29.1 Å². The lowest BCUT2D eigenvalue weighted by Crippen LogP contribution is -2.28. The van der Waals surface area contributed by atoms with Gasteiger partial charge in [-0.2, -0.15) is 0 Å². The van der Waals surface area contributed by atoms with Crippen molar-refractivity contribution in [2.45, 2.75) is 33.3 Å². The number of hydrogen-bond acceptors (Lipinski definition) is 5. The second-order valence-corrected chi connectivity index (χ2v) is 5.85. The number of carbonyl (C=O) groups excluding carboxylic acids is 1. The minimum Gasteiger partial charge on any atom is -0.438 e. The molecule has 6 heteroatoms. The molecule has 0 aliphatic heterocycles. The summed E-state index contributed by atoms with van der Waals surface area (Å²) in [5, 5.41) is 2.82. The Morgan fingerprint density at radius 2 is 1.92 bits per heavy atom. The molecule has 0 spiro atoms. The minimum atomic E-state index is -0.487. The molecular formula is C18H23N3O3. The van der Waals surface area contributed by atoms with Crippen LogP contribution in [-0.4, -0.2) is 28.6 Å². The number of ether oxygens (including phenoxy) is 2. The molecule has 128 valence electrons. The third-order valence-electron chi connectivity index (χ3n) is 3.32. The Morgan fingerprint density at radius 3 is 2.54 bits per heavy atom. The number of aromatic nitrogens is 2. The van der Waals surface area contributed by atoms with E-state index in [1.807, 2.05) is 0 Å². The van der Waals surface area contributed by atoms with Gasteiger partial charge in [0.2, 0.25) is 5.88 Å². The molecule has 1 atom stereocenters. The fourth-order valence-corrected chi connectivity index (χ4v) is 1.87. The zero-order valence-electron chi connectivity index (χ0n) is 14.2. The molecule has 1 amide bonds. The Balaban J connectivity index is 1.83. The van der Waals surface area contributed by atoms with Gasteiger partial charge in [-0.3, -0.25) is 9.78 Å². The van der Waals surface area contributed by atoms with Gasteiger partial charge in [-0.1, -0.05) is 13.8 Å². The van der Waals surface area contributed by atoms with Gasteiger partial charge in [0.15, 0.2) is 0 Å². The lowest BCUT2D eigenvalue weighted by Gasteiger charge is -2.14. The van der Waals surface area contributed by atoms with Gasteiger partial charge in [0.05, 0.1) is 6.20 Å². The van der Waals surface area contributed by atoms with E-state index in [1.165, 1.54) is 6.20 Å². The lowest BCUT2D eigenvalue weighted by molar-refractivity contribution is -0.126. The average molecular weight is 329 g/mol. The van der Waals surface area contributed by atoms with E-state index >= 15 is 0 Å². The Hall–Kier alpha value is -2.47. The van der Waals surface area contributed by atoms with Crippen molar-refractivity contribution in [3.63, 3.8) is 0 Å². The molecule has 0 bridgehead atoms. The van der Waals surface area contributed by atoms with Gasteiger partial charge in [-0.05, 0) is 43.5 Å². The molecule has 24 heavy (non-hydrogen) atoms. The number of carbonyl (C=O) groups is 1. The molecule has 1 N–H and O–H groups in total. The summed E-state index contributed by atoms with van der Waals surface area (Å²) < 4.78 is 11.1. The SMILES string of the molecule is CC(C)CCO[C@@H](C)C(=O)Nc1ccc(Oc2cnccn2)cc1.